The van der Waals surface area contributed by atoms with E-state index < -0.39 is 11.5 Å². The van der Waals surface area contributed by atoms with Gasteiger partial charge in [-0.2, -0.15) is 15.0 Å². The Morgan fingerprint density at radius 3 is 2.61 bits per heavy atom. The van der Waals surface area contributed by atoms with Gasteiger partial charge in [0.25, 0.3) is 0 Å². The molecule has 1 aromatic carbocycles. The van der Waals surface area contributed by atoms with Gasteiger partial charge in [-0.15, -0.1) is 0 Å². The first kappa shape index (κ1) is 16.7. The third-order valence-corrected chi connectivity index (χ3v) is 3.51. The van der Waals surface area contributed by atoms with Crippen molar-refractivity contribution in [2.24, 2.45) is 0 Å². The summed E-state index contributed by atoms with van der Waals surface area (Å²) >= 11 is 0. The van der Waals surface area contributed by atoms with Crippen LogP contribution in [0, 0.1) is 0 Å². The number of nitrogens with zero attached hydrogens (tertiary/aromatic N) is 3. The number of rotatable bonds is 7. The number of hydrogen-bond donors (Lipinski definition) is 2. The van der Waals surface area contributed by atoms with Crippen LogP contribution >= 0.6 is 0 Å². The zero-order chi connectivity index (χ0) is 16.9. The molecular weight excluding hydrogens is 296 g/mol. The zero-order valence-corrected chi connectivity index (χ0v) is 13.2. The number of benzene rings is 1. The Morgan fingerprint density at radius 1 is 1.30 bits per heavy atom. The van der Waals surface area contributed by atoms with Crippen molar-refractivity contribution in [3.8, 4) is 5.69 Å². The van der Waals surface area contributed by atoms with Crippen molar-refractivity contribution in [2.45, 2.75) is 38.6 Å². The molecule has 0 aliphatic rings. The predicted octanol–water partition coefficient (Wildman–Crippen LogP) is 1.57. The van der Waals surface area contributed by atoms with Gasteiger partial charge in [-0.1, -0.05) is 31.5 Å². The fourth-order valence-corrected chi connectivity index (χ4v) is 2.30. The number of hydrogen-bond acceptors (Lipinski definition) is 4. The Bertz CT molecular complexity index is 684. The molecular formula is C16H20N4O3. The largest absolute Gasteiger partial charge is 0.480 e. The highest BCUT2D eigenvalue weighted by Gasteiger charge is 2.33. The molecule has 1 unspecified atom stereocenters. The van der Waals surface area contributed by atoms with Crippen LogP contribution in [-0.4, -0.2) is 37.5 Å². The lowest BCUT2D eigenvalue weighted by Gasteiger charge is -2.25. The van der Waals surface area contributed by atoms with Gasteiger partial charge in [-0.05, 0) is 25.5 Å². The molecule has 122 valence electrons. The second-order valence-corrected chi connectivity index (χ2v) is 5.57. The maximum atomic E-state index is 12.1. The Kier molecular flexibility index (Phi) is 5.10. The minimum absolute atomic E-state index is 0.0145. The van der Waals surface area contributed by atoms with Crippen molar-refractivity contribution in [1.82, 2.24) is 20.3 Å². The van der Waals surface area contributed by atoms with Crippen LogP contribution in [0.25, 0.3) is 5.69 Å². The van der Waals surface area contributed by atoms with E-state index in [2.05, 4.69) is 15.5 Å². The fourth-order valence-electron chi connectivity index (χ4n) is 2.30. The van der Waals surface area contributed by atoms with Gasteiger partial charge >= 0.3 is 5.97 Å². The quantitative estimate of drug-likeness (QED) is 0.808. The number of aromatic nitrogens is 3. The lowest BCUT2D eigenvalue weighted by Crippen LogP contribution is -2.52. The molecule has 0 bridgehead atoms. The summed E-state index contributed by atoms with van der Waals surface area (Å²) in [4.78, 5) is 24.9. The van der Waals surface area contributed by atoms with E-state index >= 15 is 0 Å². The van der Waals surface area contributed by atoms with Gasteiger partial charge in [0.2, 0.25) is 5.91 Å². The molecule has 1 heterocycles. The van der Waals surface area contributed by atoms with Crippen molar-refractivity contribution in [3.05, 3.63) is 42.2 Å². The first-order chi connectivity index (χ1) is 10.9. The van der Waals surface area contributed by atoms with Crippen molar-refractivity contribution < 1.29 is 14.7 Å². The normalized spacial score (nSPS) is 13.3. The second-order valence-electron chi connectivity index (χ2n) is 5.57. The third kappa shape index (κ3) is 4.15. The van der Waals surface area contributed by atoms with E-state index in [0.717, 1.165) is 5.69 Å². The monoisotopic (exact) mass is 316 g/mol. The SMILES string of the molecule is CCCC(C)(NC(=O)Cc1cnn(-c2ccccc2)n1)C(=O)O. The summed E-state index contributed by atoms with van der Waals surface area (Å²) in [6, 6.07) is 9.34. The summed E-state index contributed by atoms with van der Waals surface area (Å²) < 4.78 is 0. The van der Waals surface area contributed by atoms with Crippen LogP contribution in [0.15, 0.2) is 36.5 Å². The third-order valence-electron chi connectivity index (χ3n) is 3.51. The van der Waals surface area contributed by atoms with E-state index in [4.69, 9.17) is 0 Å². The van der Waals surface area contributed by atoms with Crippen molar-refractivity contribution in [1.29, 1.82) is 0 Å². The summed E-state index contributed by atoms with van der Waals surface area (Å²) in [6.07, 6.45) is 2.52. The molecule has 2 N–H and O–H groups in total. The zero-order valence-electron chi connectivity index (χ0n) is 13.2. The number of para-hydroxylation sites is 1. The van der Waals surface area contributed by atoms with Crippen LogP contribution in [0.3, 0.4) is 0 Å². The average molecular weight is 316 g/mol. The van der Waals surface area contributed by atoms with Gasteiger partial charge in [0, 0.05) is 0 Å². The number of amides is 1. The average Bonchev–Trinajstić information content (AvgIpc) is 2.96. The molecule has 2 aromatic rings. The molecule has 23 heavy (non-hydrogen) atoms. The van der Waals surface area contributed by atoms with E-state index in [0.29, 0.717) is 18.5 Å². The van der Waals surface area contributed by atoms with Gasteiger partial charge in [0.05, 0.1) is 24.0 Å². The van der Waals surface area contributed by atoms with Crippen LogP contribution in [0.1, 0.15) is 32.4 Å². The molecule has 0 saturated carbocycles. The number of nitrogens with one attached hydrogen (secondary N) is 1. The summed E-state index contributed by atoms with van der Waals surface area (Å²) in [5.41, 5.74) is 0.0115. The molecule has 7 nitrogen and oxygen atoms in total. The van der Waals surface area contributed by atoms with E-state index in [9.17, 15) is 14.7 Å². The van der Waals surface area contributed by atoms with Crippen LogP contribution in [-0.2, 0) is 16.0 Å². The molecule has 0 fully saturated rings. The highest BCUT2D eigenvalue weighted by atomic mass is 16.4. The Labute approximate surface area is 134 Å². The van der Waals surface area contributed by atoms with E-state index in [1.807, 2.05) is 37.3 Å². The Balaban J connectivity index is 2.04. The lowest BCUT2D eigenvalue weighted by atomic mass is 9.96. The van der Waals surface area contributed by atoms with Crippen LogP contribution < -0.4 is 5.32 Å². The predicted molar refractivity (Wildman–Crippen MR) is 84.2 cm³/mol. The van der Waals surface area contributed by atoms with E-state index in [1.54, 1.807) is 0 Å². The first-order valence-electron chi connectivity index (χ1n) is 7.45. The number of carbonyl (C=O) groups excluding carboxylic acids is 1. The molecule has 1 atom stereocenters. The summed E-state index contributed by atoms with van der Waals surface area (Å²) in [7, 11) is 0. The molecule has 2 rings (SSSR count). The minimum atomic E-state index is -1.26. The number of carboxylic acids is 1. The first-order valence-corrected chi connectivity index (χ1v) is 7.45. The molecule has 0 saturated heterocycles. The van der Waals surface area contributed by atoms with Gasteiger partial charge in [0.15, 0.2) is 0 Å². The van der Waals surface area contributed by atoms with Crippen molar-refractivity contribution in [3.63, 3.8) is 0 Å². The Morgan fingerprint density at radius 2 is 2.00 bits per heavy atom. The van der Waals surface area contributed by atoms with Crippen LogP contribution in [0.2, 0.25) is 0 Å². The summed E-state index contributed by atoms with van der Waals surface area (Å²) in [6.45, 7) is 3.39. The van der Waals surface area contributed by atoms with Gasteiger partial charge in [-0.3, -0.25) is 4.79 Å². The molecule has 0 aliphatic carbocycles. The number of carbonyl (C=O) groups is 2. The molecule has 0 aliphatic heterocycles. The summed E-state index contributed by atoms with van der Waals surface area (Å²) in [5, 5.41) is 20.2. The minimum Gasteiger partial charge on any atom is -0.480 e. The highest BCUT2D eigenvalue weighted by molar-refractivity contribution is 5.87. The molecule has 1 aromatic heterocycles. The maximum Gasteiger partial charge on any atom is 0.329 e. The van der Waals surface area contributed by atoms with Crippen molar-refractivity contribution in [2.75, 3.05) is 0 Å². The lowest BCUT2D eigenvalue weighted by molar-refractivity contribution is -0.147. The molecule has 7 heteroatoms. The van der Waals surface area contributed by atoms with E-state index in [1.165, 1.54) is 17.9 Å². The number of aliphatic carboxylic acids is 1. The standard InChI is InChI=1S/C16H20N4O3/c1-3-9-16(2,15(22)23)18-14(21)10-12-11-17-20(19-12)13-7-5-4-6-8-13/h4-8,11H,3,9-10H2,1-2H3,(H,18,21)(H,22,23). The van der Waals surface area contributed by atoms with Gasteiger partial charge in [0.1, 0.15) is 5.54 Å². The maximum absolute atomic E-state index is 12.1. The summed E-state index contributed by atoms with van der Waals surface area (Å²) in [5.74, 6) is -1.43. The Hall–Kier alpha value is -2.70. The van der Waals surface area contributed by atoms with Gasteiger partial charge < -0.3 is 10.4 Å². The van der Waals surface area contributed by atoms with Gasteiger partial charge in [-0.25, -0.2) is 4.79 Å². The molecule has 0 spiro atoms. The highest BCUT2D eigenvalue weighted by Crippen LogP contribution is 2.13. The second kappa shape index (κ2) is 7.04. The smallest absolute Gasteiger partial charge is 0.329 e. The fraction of sp³-hybridized carbons (Fsp3) is 0.375. The topological polar surface area (TPSA) is 97.1 Å². The van der Waals surface area contributed by atoms with Crippen molar-refractivity contribution >= 4 is 11.9 Å². The number of carboxylic acid groups (broad SMARTS) is 1. The molecule has 1 amide bonds. The van der Waals surface area contributed by atoms with E-state index in [-0.39, 0.29) is 12.3 Å². The molecule has 0 radical (unpaired) electrons. The van der Waals surface area contributed by atoms with Crippen LogP contribution in [0.4, 0.5) is 0 Å². The van der Waals surface area contributed by atoms with Crippen LogP contribution in [0.5, 0.6) is 0 Å².